The van der Waals surface area contributed by atoms with Gasteiger partial charge >= 0.3 is 5.97 Å². The molecule has 0 aliphatic heterocycles. The number of ether oxygens (including phenoxy) is 1. The van der Waals surface area contributed by atoms with Crippen LogP contribution in [-0.4, -0.2) is 23.5 Å². The van der Waals surface area contributed by atoms with E-state index in [2.05, 4.69) is 6.92 Å². The molecule has 3 N–H and O–H groups in total. The molecule has 0 amide bonds. The molecule has 5 nitrogen and oxygen atoms in total. The third-order valence-corrected chi connectivity index (χ3v) is 5.11. The van der Waals surface area contributed by atoms with Gasteiger partial charge in [0.15, 0.2) is 5.78 Å². The molecular formula is C24H31NO4. The summed E-state index contributed by atoms with van der Waals surface area (Å²) in [7, 11) is 0. The van der Waals surface area contributed by atoms with E-state index in [0.717, 1.165) is 36.8 Å². The van der Waals surface area contributed by atoms with Crippen molar-refractivity contribution in [2.24, 2.45) is 0 Å². The summed E-state index contributed by atoms with van der Waals surface area (Å²) < 4.78 is 5.46. The number of carbonyl (C=O) groups excluding carboxylic acids is 2. The summed E-state index contributed by atoms with van der Waals surface area (Å²) in [6.45, 7) is 6.42. The van der Waals surface area contributed by atoms with Gasteiger partial charge in [-0.1, -0.05) is 40.0 Å². The lowest BCUT2D eigenvalue weighted by atomic mass is 9.89. The molecule has 0 atom stereocenters. The summed E-state index contributed by atoms with van der Waals surface area (Å²) in [5.74, 6) is -0.803. The van der Waals surface area contributed by atoms with Crippen molar-refractivity contribution in [2.45, 2.75) is 59.3 Å². The minimum atomic E-state index is -0.521. The monoisotopic (exact) mass is 397 g/mol. The Morgan fingerprint density at radius 2 is 1.69 bits per heavy atom. The minimum Gasteiger partial charge on any atom is -0.508 e. The predicted octanol–water partition coefficient (Wildman–Crippen LogP) is 5.07. The smallest absolute Gasteiger partial charge is 0.338 e. The van der Waals surface area contributed by atoms with Crippen LogP contribution < -0.4 is 5.73 Å². The average molecular weight is 398 g/mol. The van der Waals surface area contributed by atoms with Crippen LogP contribution in [0.15, 0.2) is 30.3 Å². The Bertz CT molecular complexity index is 856. The molecule has 156 valence electrons. The number of ketones is 1. The highest BCUT2D eigenvalue weighted by atomic mass is 16.5. The topological polar surface area (TPSA) is 89.6 Å². The average Bonchev–Trinajstić information content (AvgIpc) is 2.72. The molecule has 0 saturated heterocycles. The molecule has 0 aliphatic rings. The third-order valence-electron chi connectivity index (χ3n) is 5.11. The number of aryl methyl sites for hydroxylation is 1. The van der Waals surface area contributed by atoms with Crippen LogP contribution in [0.4, 0.5) is 5.69 Å². The van der Waals surface area contributed by atoms with E-state index in [1.165, 1.54) is 24.3 Å². The number of benzene rings is 2. The number of carbonyl (C=O) groups is 2. The lowest BCUT2D eigenvalue weighted by Crippen LogP contribution is -2.18. The Hall–Kier alpha value is -2.82. The van der Waals surface area contributed by atoms with Gasteiger partial charge in [0.1, 0.15) is 5.75 Å². The molecule has 0 spiro atoms. The second-order valence-electron chi connectivity index (χ2n) is 7.13. The zero-order valence-electron chi connectivity index (χ0n) is 17.6. The quantitative estimate of drug-likeness (QED) is 0.253. The third kappa shape index (κ3) is 5.37. The molecule has 29 heavy (non-hydrogen) atoms. The number of phenolic OH excluding ortho intramolecular Hbond substituents is 1. The van der Waals surface area contributed by atoms with Gasteiger partial charge in [0.05, 0.1) is 17.7 Å². The number of unbranched alkanes of at least 4 members (excludes halogenated alkanes) is 3. The predicted molar refractivity (Wildman–Crippen MR) is 116 cm³/mol. The number of rotatable bonds is 10. The highest BCUT2D eigenvalue weighted by Gasteiger charge is 2.25. The first-order valence-electron chi connectivity index (χ1n) is 10.4. The van der Waals surface area contributed by atoms with Gasteiger partial charge in [-0.3, -0.25) is 4.79 Å². The van der Waals surface area contributed by atoms with Crippen molar-refractivity contribution in [3.05, 3.63) is 58.1 Å². The van der Waals surface area contributed by atoms with Crippen LogP contribution in [0.3, 0.4) is 0 Å². The SMILES string of the molecule is CCCCCCOC(=O)c1cc(CC)c(CC)c(N)c1C(=O)c1ccc(O)cc1. The molecule has 0 unspecified atom stereocenters. The van der Waals surface area contributed by atoms with Crippen molar-refractivity contribution < 1.29 is 19.4 Å². The van der Waals surface area contributed by atoms with E-state index in [-0.39, 0.29) is 22.7 Å². The first kappa shape index (κ1) is 22.5. The normalized spacial score (nSPS) is 10.7. The molecule has 0 saturated carbocycles. The zero-order valence-corrected chi connectivity index (χ0v) is 17.6. The van der Waals surface area contributed by atoms with E-state index in [9.17, 15) is 14.7 Å². The molecule has 0 radical (unpaired) electrons. The molecule has 0 aliphatic carbocycles. The van der Waals surface area contributed by atoms with Crippen LogP contribution in [0.25, 0.3) is 0 Å². The maximum Gasteiger partial charge on any atom is 0.338 e. The zero-order chi connectivity index (χ0) is 21.4. The summed E-state index contributed by atoms with van der Waals surface area (Å²) in [5, 5.41) is 9.51. The van der Waals surface area contributed by atoms with Gasteiger partial charge in [0.25, 0.3) is 0 Å². The summed E-state index contributed by atoms with van der Waals surface area (Å²) >= 11 is 0. The summed E-state index contributed by atoms with van der Waals surface area (Å²) in [4.78, 5) is 26.1. The van der Waals surface area contributed by atoms with Gasteiger partial charge in [0.2, 0.25) is 0 Å². The van der Waals surface area contributed by atoms with Gasteiger partial charge in [-0.05, 0) is 60.7 Å². The fraction of sp³-hybridized carbons (Fsp3) is 0.417. The van der Waals surface area contributed by atoms with Crippen LogP contribution in [0, 0.1) is 0 Å². The van der Waals surface area contributed by atoms with Crippen LogP contribution in [-0.2, 0) is 17.6 Å². The van der Waals surface area contributed by atoms with Gasteiger partial charge in [-0.25, -0.2) is 4.79 Å². The van der Waals surface area contributed by atoms with Crippen molar-refractivity contribution in [1.29, 1.82) is 0 Å². The van der Waals surface area contributed by atoms with Crippen molar-refractivity contribution in [3.8, 4) is 5.75 Å². The van der Waals surface area contributed by atoms with Crippen molar-refractivity contribution in [3.63, 3.8) is 0 Å². The molecular weight excluding hydrogens is 366 g/mol. The Morgan fingerprint density at radius 3 is 2.28 bits per heavy atom. The Kier molecular flexibility index (Phi) is 8.25. The van der Waals surface area contributed by atoms with Crippen LogP contribution in [0.2, 0.25) is 0 Å². The van der Waals surface area contributed by atoms with E-state index in [1.54, 1.807) is 6.07 Å². The van der Waals surface area contributed by atoms with E-state index < -0.39 is 5.97 Å². The van der Waals surface area contributed by atoms with Crippen molar-refractivity contribution >= 4 is 17.4 Å². The number of hydrogen-bond acceptors (Lipinski definition) is 5. The van der Waals surface area contributed by atoms with Gasteiger partial charge in [-0.15, -0.1) is 0 Å². The number of esters is 1. The van der Waals surface area contributed by atoms with E-state index in [0.29, 0.717) is 30.7 Å². The summed E-state index contributed by atoms with van der Waals surface area (Å²) in [6, 6.07) is 7.68. The first-order valence-corrected chi connectivity index (χ1v) is 10.4. The molecule has 2 rings (SSSR count). The minimum absolute atomic E-state index is 0.0665. The lowest BCUT2D eigenvalue weighted by Gasteiger charge is -2.18. The van der Waals surface area contributed by atoms with E-state index in [1.807, 2.05) is 13.8 Å². The van der Waals surface area contributed by atoms with Gasteiger partial charge in [-0.2, -0.15) is 0 Å². The maximum absolute atomic E-state index is 13.2. The molecule has 2 aromatic rings. The Labute approximate surface area is 172 Å². The molecule has 5 heteroatoms. The van der Waals surface area contributed by atoms with E-state index >= 15 is 0 Å². The second-order valence-corrected chi connectivity index (χ2v) is 7.13. The summed E-state index contributed by atoms with van der Waals surface area (Å²) in [6.07, 6.45) is 5.37. The lowest BCUT2D eigenvalue weighted by molar-refractivity contribution is 0.0495. The number of anilines is 1. The second kappa shape index (κ2) is 10.6. The molecule has 0 bridgehead atoms. The largest absolute Gasteiger partial charge is 0.508 e. The number of nitrogen functional groups attached to an aromatic ring is 1. The fourth-order valence-electron chi connectivity index (χ4n) is 3.47. The molecule has 0 aromatic heterocycles. The number of aromatic hydroxyl groups is 1. The van der Waals surface area contributed by atoms with Gasteiger partial charge < -0.3 is 15.6 Å². The van der Waals surface area contributed by atoms with Crippen LogP contribution >= 0.6 is 0 Å². The number of nitrogens with two attached hydrogens (primary N) is 1. The van der Waals surface area contributed by atoms with E-state index in [4.69, 9.17) is 10.5 Å². The molecule has 0 fully saturated rings. The van der Waals surface area contributed by atoms with Crippen LogP contribution in [0.1, 0.15) is 83.9 Å². The molecule has 2 aromatic carbocycles. The first-order chi connectivity index (χ1) is 13.9. The maximum atomic E-state index is 13.2. The number of hydrogen-bond donors (Lipinski definition) is 2. The number of phenols is 1. The van der Waals surface area contributed by atoms with Crippen molar-refractivity contribution in [1.82, 2.24) is 0 Å². The van der Waals surface area contributed by atoms with Gasteiger partial charge in [0, 0.05) is 11.3 Å². The Balaban J connectivity index is 2.45. The van der Waals surface area contributed by atoms with Crippen LogP contribution in [0.5, 0.6) is 5.75 Å². The fourth-order valence-corrected chi connectivity index (χ4v) is 3.47. The highest BCUT2D eigenvalue weighted by molar-refractivity contribution is 6.18. The summed E-state index contributed by atoms with van der Waals surface area (Å²) in [5.41, 5.74) is 9.32. The van der Waals surface area contributed by atoms with Crippen molar-refractivity contribution in [2.75, 3.05) is 12.3 Å². The molecule has 0 heterocycles. The highest BCUT2D eigenvalue weighted by Crippen LogP contribution is 2.30. The Morgan fingerprint density at radius 1 is 1.00 bits per heavy atom. The standard InChI is InChI=1S/C24H31NO4/c1-4-7-8-9-14-29-24(28)20-15-16(5-2)19(6-3)22(25)21(20)23(27)17-10-12-18(26)13-11-17/h10-13,15,26H,4-9,14,25H2,1-3H3.